The maximum absolute atomic E-state index is 11.2. The summed E-state index contributed by atoms with van der Waals surface area (Å²) in [6, 6.07) is 7.20. The van der Waals surface area contributed by atoms with Gasteiger partial charge in [0.1, 0.15) is 11.9 Å². The lowest BCUT2D eigenvalue weighted by molar-refractivity contribution is -0.118. The van der Waals surface area contributed by atoms with E-state index >= 15 is 0 Å². The van der Waals surface area contributed by atoms with Crippen molar-refractivity contribution in [1.82, 2.24) is 9.55 Å². The molecule has 0 unspecified atom stereocenters. The van der Waals surface area contributed by atoms with Crippen molar-refractivity contribution < 1.29 is 14.3 Å². The van der Waals surface area contributed by atoms with Gasteiger partial charge >= 0.3 is 0 Å². The van der Waals surface area contributed by atoms with Gasteiger partial charge in [-0.2, -0.15) is 4.98 Å². The minimum atomic E-state index is 0.195. The monoisotopic (exact) mass is 386 g/mol. The van der Waals surface area contributed by atoms with Gasteiger partial charge < -0.3 is 14.3 Å². The molecule has 0 saturated heterocycles. The van der Waals surface area contributed by atoms with E-state index in [1.807, 2.05) is 7.05 Å². The molecule has 0 bridgehead atoms. The predicted octanol–water partition coefficient (Wildman–Crippen LogP) is 4.85. The van der Waals surface area contributed by atoms with E-state index in [1.165, 1.54) is 5.56 Å². The lowest BCUT2D eigenvalue weighted by Crippen LogP contribution is -2.30. The number of carbonyl (C=O) groups is 1. The minimum Gasteiger partial charge on any atom is -0.461 e. The Hall–Kier alpha value is -1.88. The molecule has 1 aromatic heterocycles. The van der Waals surface area contributed by atoms with Crippen molar-refractivity contribution >= 4 is 16.8 Å². The first-order chi connectivity index (χ1) is 13.5. The molecule has 1 fully saturated rings. The van der Waals surface area contributed by atoms with E-state index in [9.17, 15) is 4.79 Å². The van der Waals surface area contributed by atoms with E-state index in [2.05, 4.69) is 36.6 Å². The number of benzene rings is 1. The smallest absolute Gasteiger partial charge is 0.297 e. The van der Waals surface area contributed by atoms with Gasteiger partial charge in [0.05, 0.1) is 17.1 Å². The van der Waals surface area contributed by atoms with Crippen molar-refractivity contribution in [2.75, 3.05) is 6.61 Å². The van der Waals surface area contributed by atoms with Crippen molar-refractivity contribution in [3.8, 4) is 6.01 Å². The molecular formula is C23H34N2O3. The molecule has 154 valence electrons. The lowest BCUT2D eigenvalue weighted by atomic mass is 9.95. The summed E-state index contributed by atoms with van der Waals surface area (Å²) in [7, 11) is 2.03. The van der Waals surface area contributed by atoms with Gasteiger partial charge in [0.15, 0.2) is 0 Å². The Labute approximate surface area is 168 Å². The van der Waals surface area contributed by atoms with Crippen LogP contribution in [0.4, 0.5) is 0 Å². The average molecular weight is 387 g/mol. The Kier molecular flexibility index (Phi) is 7.11. The third-order valence-electron chi connectivity index (χ3n) is 5.59. The van der Waals surface area contributed by atoms with Gasteiger partial charge in [0.25, 0.3) is 6.01 Å². The quantitative estimate of drug-likeness (QED) is 0.618. The van der Waals surface area contributed by atoms with Crippen molar-refractivity contribution in [3.63, 3.8) is 0 Å². The predicted molar refractivity (Wildman–Crippen MR) is 112 cm³/mol. The summed E-state index contributed by atoms with van der Waals surface area (Å²) in [5, 5.41) is 0. The van der Waals surface area contributed by atoms with Crippen LogP contribution >= 0.6 is 0 Å². The summed E-state index contributed by atoms with van der Waals surface area (Å²) in [6.45, 7) is 6.59. The number of carbonyl (C=O) groups excluding carboxylic acids is 1. The fourth-order valence-electron chi connectivity index (χ4n) is 4.08. The third-order valence-corrected chi connectivity index (χ3v) is 5.59. The Morgan fingerprint density at radius 2 is 1.96 bits per heavy atom. The minimum absolute atomic E-state index is 0.195. The largest absolute Gasteiger partial charge is 0.461 e. The number of nitrogens with zero attached hydrogens (tertiary/aromatic N) is 2. The molecular weight excluding hydrogens is 352 g/mol. The highest BCUT2D eigenvalue weighted by atomic mass is 16.5. The van der Waals surface area contributed by atoms with Crippen LogP contribution in [0.5, 0.6) is 6.01 Å². The molecule has 0 amide bonds. The van der Waals surface area contributed by atoms with Gasteiger partial charge in [-0.05, 0) is 62.6 Å². The molecule has 1 heterocycles. The molecule has 1 aliphatic rings. The van der Waals surface area contributed by atoms with Gasteiger partial charge in [-0.15, -0.1) is 0 Å². The highest BCUT2D eigenvalue weighted by Crippen LogP contribution is 2.28. The molecule has 28 heavy (non-hydrogen) atoms. The number of Topliss-reactive ketones (excluding diaryl/α,β-unsaturated/α-hetero) is 1. The van der Waals surface area contributed by atoms with Crippen LogP contribution in [-0.4, -0.2) is 34.1 Å². The van der Waals surface area contributed by atoms with Crippen LogP contribution < -0.4 is 4.74 Å². The van der Waals surface area contributed by atoms with E-state index in [0.29, 0.717) is 25.0 Å². The van der Waals surface area contributed by atoms with Crippen molar-refractivity contribution in [2.45, 2.75) is 77.9 Å². The van der Waals surface area contributed by atoms with Gasteiger partial charge in [-0.25, -0.2) is 0 Å². The fourth-order valence-corrected chi connectivity index (χ4v) is 4.08. The Bertz CT molecular complexity index is 790. The summed E-state index contributed by atoms with van der Waals surface area (Å²) in [4.78, 5) is 15.9. The van der Waals surface area contributed by atoms with Gasteiger partial charge in [0.2, 0.25) is 0 Å². The number of ether oxygens (including phenoxy) is 2. The Balaban J connectivity index is 1.52. The number of fused-ring (bicyclic) bond motifs is 1. The van der Waals surface area contributed by atoms with Gasteiger partial charge in [-0.3, -0.25) is 4.57 Å². The molecule has 1 atom stereocenters. The van der Waals surface area contributed by atoms with Crippen molar-refractivity contribution in [3.05, 3.63) is 23.8 Å². The zero-order chi connectivity index (χ0) is 20.1. The maximum atomic E-state index is 11.2. The number of aryl methyl sites for hydroxylation is 2. The van der Waals surface area contributed by atoms with Crippen LogP contribution in [0.3, 0.4) is 0 Å². The van der Waals surface area contributed by atoms with Crippen LogP contribution in [0.2, 0.25) is 0 Å². The van der Waals surface area contributed by atoms with Crippen molar-refractivity contribution in [1.29, 1.82) is 0 Å². The molecule has 0 radical (unpaired) electrons. The fraction of sp³-hybridized carbons (Fsp3) is 0.652. The summed E-state index contributed by atoms with van der Waals surface area (Å²) in [5.41, 5.74) is 3.48. The molecule has 0 aliphatic heterocycles. The molecule has 1 aromatic carbocycles. The van der Waals surface area contributed by atoms with Gasteiger partial charge in [-0.1, -0.05) is 26.3 Å². The van der Waals surface area contributed by atoms with Crippen LogP contribution in [-0.2, 0) is 23.0 Å². The van der Waals surface area contributed by atoms with Crippen LogP contribution in [0.15, 0.2) is 18.2 Å². The normalized spacial score (nSPS) is 21.0. The summed E-state index contributed by atoms with van der Waals surface area (Å²) in [5.74, 6) is 0.529. The Morgan fingerprint density at radius 3 is 2.64 bits per heavy atom. The standard InChI is InChI=1S/C23H34N2O3/c1-5-6-18-7-12-21-22(14-18)25(4)23(24-21)28-20-10-8-19(9-11-20)27-15-16(2)13-17(3)26/h7,12,14,16,19-20H,5-6,8-11,13,15H2,1-4H3/t16-,19?,20?/m1/s1. The maximum Gasteiger partial charge on any atom is 0.297 e. The molecule has 2 aromatic rings. The molecule has 1 saturated carbocycles. The van der Waals surface area contributed by atoms with Crippen LogP contribution in [0.1, 0.15) is 64.9 Å². The van der Waals surface area contributed by atoms with E-state index in [4.69, 9.17) is 14.5 Å². The summed E-state index contributed by atoms with van der Waals surface area (Å²) >= 11 is 0. The number of aromatic nitrogens is 2. The first-order valence-corrected chi connectivity index (χ1v) is 10.7. The Morgan fingerprint density at radius 1 is 1.25 bits per heavy atom. The second-order valence-corrected chi connectivity index (χ2v) is 8.39. The number of imidazole rings is 1. The van der Waals surface area contributed by atoms with E-state index in [0.717, 1.165) is 49.6 Å². The highest BCUT2D eigenvalue weighted by Gasteiger charge is 2.25. The average Bonchev–Trinajstić information content (AvgIpc) is 2.96. The number of rotatable bonds is 9. The molecule has 5 nitrogen and oxygen atoms in total. The molecule has 3 rings (SSSR count). The first-order valence-electron chi connectivity index (χ1n) is 10.7. The number of ketones is 1. The number of hydrogen-bond acceptors (Lipinski definition) is 4. The van der Waals surface area contributed by atoms with Gasteiger partial charge in [0, 0.05) is 20.1 Å². The SMILES string of the molecule is CCCc1ccc2nc(OC3CCC(OC[C@H](C)CC(C)=O)CC3)n(C)c2c1. The second kappa shape index (κ2) is 9.55. The highest BCUT2D eigenvalue weighted by molar-refractivity contribution is 5.77. The van der Waals surface area contributed by atoms with E-state index in [-0.39, 0.29) is 18.0 Å². The van der Waals surface area contributed by atoms with Crippen LogP contribution in [0.25, 0.3) is 11.0 Å². The number of hydrogen-bond donors (Lipinski definition) is 0. The zero-order valence-electron chi connectivity index (χ0n) is 17.7. The zero-order valence-corrected chi connectivity index (χ0v) is 17.7. The summed E-state index contributed by atoms with van der Waals surface area (Å²) < 4.78 is 14.3. The van der Waals surface area contributed by atoms with E-state index in [1.54, 1.807) is 6.92 Å². The van der Waals surface area contributed by atoms with Crippen LogP contribution in [0, 0.1) is 5.92 Å². The summed E-state index contributed by atoms with van der Waals surface area (Å²) in [6.07, 6.45) is 7.28. The third kappa shape index (κ3) is 5.34. The molecule has 0 spiro atoms. The van der Waals surface area contributed by atoms with E-state index < -0.39 is 0 Å². The molecule has 5 heteroatoms. The lowest BCUT2D eigenvalue weighted by Gasteiger charge is -2.29. The molecule has 0 N–H and O–H groups in total. The van der Waals surface area contributed by atoms with Crippen molar-refractivity contribution in [2.24, 2.45) is 13.0 Å². The molecule has 1 aliphatic carbocycles. The second-order valence-electron chi connectivity index (χ2n) is 8.39. The topological polar surface area (TPSA) is 53.4 Å². The first kappa shape index (κ1) is 20.8.